The molecule has 0 bridgehead atoms. The molecule has 0 saturated carbocycles. The molecule has 1 N–H and O–H groups in total. The second kappa shape index (κ2) is 6.60. The first-order valence-electron chi connectivity index (χ1n) is 6.49. The Balaban J connectivity index is 2.75. The molecule has 1 aromatic heterocycles. The van der Waals surface area contributed by atoms with E-state index in [0.29, 0.717) is 12.0 Å². The summed E-state index contributed by atoms with van der Waals surface area (Å²) in [4.78, 5) is 0. The van der Waals surface area contributed by atoms with Crippen molar-refractivity contribution in [3.63, 3.8) is 0 Å². The Hall–Kier alpha value is -1.09. The summed E-state index contributed by atoms with van der Waals surface area (Å²) in [5.74, 6) is 0.561. The Morgan fingerprint density at radius 1 is 1.41 bits per heavy atom. The number of aromatic nitrogens is 2. The molecular weight excluding hydrogens is 210 g/mol. The summed E-state index contributed by atoms with van der Waals surface area (Å²) in [5.41, 5.74) is 2.62. The van der Waals surface area contributed by atoms with Crippen molar-refractivity contribution in [2.75, 3.05) is 6.54 Å². The normalized spacial score (nSPS) is 12.8. The lowest BCUT2D eigenvalue weighted by molar-refractivity contribution is 0.593. The van der Waals surface area contributed by atoms with Gasteiger partial charge in [-0.1, -0.05) is 39.3 Å². The van der Waals surface area contributed by atoms with E-state index in [0.717, 1.165) is 13.1 Å². The van der Waals surface area contributed by atoms with Gasteiger partial charge >= 0.3 is 0 Å². The lowest BCUT2D eigenvalue weighted by Crippen LogP contribution is -2.26. The molecule has 0 unspecified atom stereocenters. The average Bonchev–Trinajstić information content (AvgIpc) is 2.71. The monoisotopic (exact) mass is 235 g/mol. The van der Waals surface area contributed by atoms with Gasteiger partial charge in [0.1, 0.15) is 0 Å². The van der Waals surface area contributed by atoms with Crippen molar-refractivity contribution >= 4 is 6.08 Å². The standard InChI is InChI=1S/C14H25N3/c1-6-17-10-13(8-16-17)7-14(11(2)3)9-15-12(4)5/h7-8,10-12,15H,6,9H2,1-5H3/b14-7-. The molecule has 3 heteroatoms. The van der Waals surface area contributed by atoms with Crippen LogP contribution in [0.2, 0.25) is 0 Å². The van der Waals surface area contributed by atoms with Gasteiger partial charge in [-0.25, -0.2) is 0 Å². The minimum absolute atomic E-state index is 0.524. The number of rotatable bonds is 6. The predicted molar refractivity (Wildman–Crippen MR) is 73.9 cm³/mol. The summed E-state index contributed by atoms with van der Waals surface area (Å²) in [5, 5.41) is 7.77. The SMILES string of the molecule is CCn1cc(/C=C(/CNC(C)C)C(C)C)cn1. The summed E-state index contributed by atoms with van der Waals surface area (Å²) in [6.07, 6.45) is 6.28. The molecule has 1 aromatic rings. The first-order valence-corrected chi connectivity index (χ1v) is 6.49. The molecule has 0 amide bonds. The van der Waals surface area contributed by atoms with Crippen LogP contribution in [0, 0.1) is 5.92 Å². The third-order valence-electron chi connectivity index (χ3n) is 2.79. The molecule has 0 aliphatic heterocycles. The van der Waals surface area contributed by atoms with Crippen molar-refractivity contribution in [3.05, 3.63) is 23.5 Å². The Labute approximate surface area is 105 Å². The van der Waals surface area contributed by atoms with Gasteiger partial charge in [-0.3, -0.25) is 4.68 Å². The summed E-state index contributed by atoms with van der Waals surface area (Å²) in [7, 11) is 0. The van der Waals surface area contributed by atoms with Crippen LogP contribution in [0.3, 0.4) is 0 Å². The predicted octanol–water partition coefficient (Wildman–Crippen LogP) is 2.94. The van der Waals surface area contributed by atoms with Gasteiger partial charge in [0.15, 0.2) is 0 Å². The number of nitrogens with zero attached hydrogens (tertiary/aromatic N) is 2. The van der Waals surface area contributed by atoms with Crippen LogP contribution in [-0.4, -0.2) is 22.4 Å². The molecule has 0 radical (unpaired) electrons. The van der Waals surface area contributed by atoms with Gasteiger partial charge in [0.05, 0.1) is 6.20 Å². The lowest BCUT2D eigenvalue weighted by Gasteiger charge is -2.14. The molecule has 0 aliphatic rings. The van der Waals surface area contributed by atoms with Gasteiger partial charge in [0.25, 0.3) is 0 Å². The van der Waals surface area contributed by atoms with Crippen LogP contribution in [0.1, 0.15) is 40.2 Å². The largest absolute Gasteiger partial charge is 0.311 e. The van der Waals surface area contributed by atoms with E-state index < -0.39 is 0 Å². The fourth-order valence-corrected chi connectivity index (χ4v) is 1.58. The average molecular weight is 235 g/mol. The Kier molecular flexibility index (Phi) is 5.42. The van der Waals surface area contributed by atoms with Gasteiger partial charge in [-0.05, 0) is 12.8 Å². The van der Waals surface area contributed by atoms with Crippen molar-refractivity contribution < 1.29 is 0 Å². The van der Waals surface area contributed by atoms with E-state index in [-0.39, 0.29) is 0 Å². The minimum atomic E-state index is 0.524. The highest BCUT2D eigenvalue weighted by atomic mass is 15.3. The Bertz CT molecular complexity index is 361. The molecule has 1 heterocycles. The van der Waals surface area contributed by atoms with Crippen LogP contribution in [0.15, 0.2) is 18.0 Å². The van der Waals surface area contributed by atoms with Crippen molar-refractivity contribution in [3.8, 4) is 0 Å². The molecular formula is C14H25N3. The molecule has 0 saturated heterocycles. The summed E-state index contributed by atoms with van der Waals surface area (Å²) in [6, 6.07) is 0.524. The summed E-state index contributed by atoms with van der Waals surface area (Å²) >= 11 is 0. The van der Waals surface area contributed by atoms with Crippen LogP contribution in [0.4, 0.5) is 0 Å². The highest BCUT2D eigenvalue weighted by molar-refractivity contribution is 5.51. The van der Waals surface area contributed by atoms with Gasteiger partial charge < -0.3 is 5.32 Å². The van der Waals surface area contributed by atoms with E-state index >= 15 is 0 Å². The zero-order valence-electron chi connectivity index (χ0n) is 11.7. The van der Waals surface area contributed by atoms with Crippen molar-refractivity contribution in [1.29, 1.82) is 0 Å². The van der Waals surface area contributed by atoms with Gasteiger partial charge in [-0.2, -0.15) is 5.10 Å². The van der Waals surface area contributed by atoms with E-state index in [2.05, 4.69) is 57.3 Å². The first kappa shape index (κ1) is 14.0. The molecule has 96 valence electrons. The van der Waals surface area contributed by atoms with Gasteiger partial charge in [-0.15, -0.1) is 0 Å². The summed E-state index contributed by atoms with van der Waals surface area (Å²) in [6.45, 7) is 12.8. The molecule has 0 aromatic carbocycles. The molecule has 0 aliphatic carbocycles. The van der Waals surface area contributed by atoms with E-state index in [1.165, 1.54) is 11.1 Å². The number of hydrogen-bond acceptors (Lipinski definition) is 2. The fourth-order valence-electron chi connectivity index (χ4n) is 1.58. The van der Waals surface area contributed by atoms with Crippen LogP contribution in [0.25, 0.3) is 6.08 Å². The maximum absolute atomic E-state index is 4.29. The quantitative estimate of drug-likeness (QED) is 0.821. The van der Waals surface area contributed by atoms with Gasteiger partial charge in [0, 0.05) is 30.9 Å². The van der Waals surface area contributed by atoms with E-state index in [1.54, 1.807) is 0 Å². The van der Waals surface area contributed by atoms with E-state index in [9.17, 15) is 0 Å². The third kappa shape index (κ3) is 4.73. The molecule has 0 fully saturated rings. The van der Waals surface area contributed by atoms with Crippen molar-refractivity contribution in [2.45, 2.75) is 47.2 Å². The zero-order chi connectivity index (χ0) is 12.8. The fraction of sp³-hybridized carbons (Fsp3) is 0.643. The van der Waals surface area contributed by atoms with Crippen LogP contribution >= 0.6 is 0 Å². The highest BCUT2D eigenvalue weighted by Gasteiger charge is 2.05. The second-order valence-electron chi connectivity index (χ2n) is 5.04. The van der Waals surface area contributed by atoms with Crippen LogP contribution < -0.4 is 5.32 Å². The highest BCUT2D eigenvalue weighted by Crippen LogP contribution is 2.14. The Morgan fingerprint density at radius 2 is 2.12 bits per heavy atom. The molecule has 1 rings (SSSR count). The first-order chi connectivity index (χ1) is 8.02. The van der Waals surface area contributed by atoms with E-state index in [1.807, 2.05) is 10.9 Å². The molecule has 17 heavy (non-hydrogen) atoms. The minimum Gasteiger partial charge on any atom is -0.311 e. The number of nitrogens with one attached hydrogen (secondary N) is 1. The smallest absolute Gasteiger partial charge is 0.0562 e. The van der Waals surface area contributed by atoms with Crippen LogP contribution in [-0.2, 0) is 6.54 Å². The topological polar surface area (TPSA) is 29.9 Å². The zero-order valence-corrected chi connectivity index (χ0v) is 11.7. The van der Waals surface area contributed by atoms with Crippen molar-refractivity contribution in [1.82, 2.24) is 15.1 Å². The lowest BCUT2D eigenvalue weighted by atomic mass is 10.0. The third-order valence-corrected chi connectivity index (χ3v) is 2.79. The number of hydrogen-bond donors (Lipinski definition) is 1. The van der Waals surface area contributed by atoms with Gasteiger partial charge in [0.2, 0.25) is 0 Å². The maximum atomic E-state index is 4.29. The summed E-state index contributed by atoms with van der Waals surface area (Å²) < 4.78 is 1.96. The second-order valence-corrected chi connectivity index (χ2v) is 5.04. The molecule has 0 spiro atoms. The number of aryl methyl sites for hydroxylation is 1. The molecule has 0 atom stereocenters. The van der Waals surface area contributed by atoms with E-state index in [4.69, 9.17) is 0 Å². The molecule has 3 nitrogen and oxygen atoms in total. The maximum Gasteiger partial charge on any atom is 0.0562 e. The Morgan fingerprint density at radius 3 is 2.59 bits per heavy atom. The van der Waals surface area contributed by atoms with Crippen LogP contribution in [0.5, 0.6) is 0 Å². The van der Waals surface area contributed by atoms with Crippen molar-refractivity contribution in [2.24, 2.45) is 5.92 Å².